The second-order valence-electron chi connectivity index (χ2n) is 8.76. The summed E-state index contributed by atoms with van der Waals surface area (Å²) in [6.45, 7) is 3.71. The molecule has 0 aliphatic carbocycles. The summed E-state index contributed by atoms with van der Waals surface area (Å²) in [6, 6.07) is 23.1. The minimum Gasteiger partial charge on any atom is -0.480 e. The Morgan fingerprint density at radius 3 is 2.53 bits per heavy atom. The van der Waals surface area contributed by atoms with Crippen LogP contribution in [0.2, 0.25) is 0 Å². The van der Waals surface area contributed by atoms with Gasteiger partial charge in [0.2, 0.25) is 0 Å². The van der Waals surface area contributed by atoms with Crippen LogP contribution in [0.3, 0.4) is 0 Å². The van der Waals surface area contributed by atoms with Crippen LogP contribution in [-0.4, -0.2) is 33.0 Å². The smallest absolute Gasteiger partial charge is 0.320 e. The van der Waals surface area contributed by atoms with Crippen LogP contribution >= 0.6 is 0 Å². The molecule has 0 radical (unpaired) electrons. The maximum Gasteiger partial charge on any atom is 0.320 e. The average Bonchev–Trinajstić information content (AvgIpc) is 3.23. The molecule has 4 heteroatoms. The quantitative estimate of drug-likeness (QED) is 0.426. The minimum absolute atomic E-state index is 0.370. The van der Waals surface area contributed by atoms with Crippen molar-refractivity contribution < 1.29 is 9.90 Å². The molecule has 32 heavy (non-hydrogen) atoms. The highest BCUT2D eigenvalue weighted by atomic mass is 16.4. The van der Waals surface area contributed by atoms with Gasteiger partial charge in [0.05, 0.1) is 0 Å². The number of nitrogens with zero attached hydrogens (tertiary/aromatic N) is 2. The van der Waals surface area contributed by atoms with Gasteiger partial charge in [0.15, 0.2) is 0 Å². The molecule has 1 aliphatic heterocycles. The van der Waals surface area contributed by atoms with Crippen LogP contribution < -0.4 is 0 Å². The van der Waals surface area contributed by atoms with E-state index in [1.54, 1.807) is 0 Å². The molecule has 4 nitrogen and oxygen atoms in total. The van der Waals surface area contributed by atoms with Crippen molar-refractivity contribution in [1.82, 2.24) is 9.30 Å². The molecule has 5 rings (SSSR count). The molecule has 4 aromatic rings. The molecule has 1 atom stereocenters. The second-order valence-corrected chi connectivity index (χ2v) is 8.76. The number of carbonyl (C=O) groups is 1. The van der Waals surface area contributed by atoms with Crippen molar-refractivity contribution in [2.45, 2.75) is 38.8 Å². The van der Waals surface area contributed by atoms with Gasteiger partial charge in [0.1, 0.15) is 6.04 Å². The van der Waals surface area contributed by atoms with Gasteiger partial charge < -0.3 is 9.51 Å². The maximum atomic E-state index is 11.6. The molecule has 1 aliphatic rings. The predicted molar refractivity (Wildman–Crippen MR) is 129 cm³/mol. The Morgan fingerprint density at radius 1 is 0.969 bits per heavy atom. The summed E-state index contributed by atoms with van der Waals surface area (Å²) in [7, 11) is 0. The summed E-state index contributed by atoms with van der Waals surface area (Å²) in [5, 5.41) is 9.57. The van der Waals surface area contributed by atoms with Gasteiger partial charge in [-0.2, -0.15) is 0 Å². The van der Waals surface area contributed by atoms with E-state index in [2.05, 4.69) is 89.3 Å². The lowest BCUT2D eigenvalue weighted by atomic mass is 9.94. The third-order valence-corrected chi connectivity index (χ3v) is 6.68. The fraction of sp³-hybridized carbons (Fsp3) is 0.250. The molecule has 0 amide bonds. The van der Waals surface area contributed by atoms with E-state index in [9.17, 15) is 9.90 Å². The van der Waals surface area contributed by atoms with Crippen molar-refractivity contribution in [1.29, 1.82) is 0 Å². The van der Waals surface area contributed by atoms with Crippen LogP contribution in [0.1, 0.15) is 30.4 Å². The van der Waals surface area contributed by atoms with Gasteiger partial charge in [-0.25, -0.2) is 0 Å². The highest BCUT2D eigenvalue weighted by Gasteiger charge is 2.28. The Balaban J connectivity index is 1.46. The Hall–Kier alpha value is -3.37. The summed E-state index contributed by atoms with van der Waals surface area (Å²) in [6.07, 6.45) is 7.07. The molecular weight excluding hydrogens is 396 g/mol. The first-order valence-corrected chi connectivity index (χ1v) is 11.3. The molecule has 162 valence electrons. The first-order chi connectivity index (χ1) is 15.6. The van der Waals surface area contributed by atoms with Gasteiger partial charge in [-0.1, -0.05) is 55.0 Å². The highest BCUT2D eigenvalue weighted by molar-refractivity contribution is 5.80. The van der Waals surface area contributed by atoms with Gasteiger partial charge in [-0.05, 0) is 72.3 Å². The van der Waals surface area contributed by atoms with Crippen molar-refractivity contribution in [3.05, 3.63) is 90.3 Å². The zero-order valence-corrected chi connectivity index (χ0v) is 18.4. The molecule has 2 aromatic heterocycles. The van der Waals surface area contributed by atoms with Gasteiger partial charge in [0, 0.05) is 30.0 Å². The molecule has 0 saturated carbocycles. The van der Waals surface area contributed by atoms with Gasteiger partial charge in [-0.3, -0.25) is 9.69 Å². The molecule has 0 bridgehead atoms. The summed E-state index contributed by atoms with van der Waals surface area (Å²) >= 11 is 0. The largest absolute Gasteiger partial charge is 0.480 e. The van der Waals surface area contributed by atoms with Crippen LogP contribution in [0.5, 0.6) is 0 Å². The molecular formula is C28H28N2O2. The number of pyridine rings is 1. The first kappa shape index (κ1) is 20.5. The number of piperidine rings is 1. The number of benzene rings is 2. The lowest BCUT2D eigenvalue weighted by Crippen LogP contribution is -2.43. The number of carboxylic acid groups (broad SMARTS) is 1. The van der Waals surface area contributed by atoms with E-state index in [0.717, 1.165) is 36.9 Å². The lowest BCUT2D eigenvalue weighted by Gasteiger charge is -2.32. The zero-order valence-electron chi connectivity index (χ0n) is 18.4. The maximum absolute atomic E-state index is 11.6. The molecule has 1 N–H and O–H groups in total. The summed E-state index contributed by atoms with van der Waals surface area (Å²) in [5.41, 5.74) is 8.47. The van der Waals surface area contributed by atoms with Crippen LogP contribution in [0.15, 0.2) is 79.1 Å². The number of aromatic nitrogens is 1. The van der Waals surface area contributed by atoms with E-state index >= 15 is 0 Å². The number of hydrogen-bond donors (Lipinski definition) is 1. The van der Waals surface area contributed by atoms with Crippen molar-refractivity contribution in [3.8, 4) is 22.3 Å². The number of carboxylic acids is 1. The number of aliphatic carboxylic acids is 1. The third-order valence-electron chi connectivity index (χ3n) is 6.68. The van der Waals surface area contributed by atoms with E-state index in [-0.39, 0.29) is 6.04 Å². The topological polar surface area (TPSA) is 45.0 Å². The highest BCUT2D eigenvalue weighted by Crippen LogP contribution is 2.33. The standard InChI is InChI=1S/C28H28N2O2/c1-20-25(22-8-3-2-4-9-22)10-7-11-26(20)23-17-24-16-21(13-15-29(24)19-23)18-30-14-6-5-12-27(30)28(31)32/h2-4,7-11,13,15-17,19,27H,5-6,12,14,18H2,1H3,(H,31,32)/t27-/m0/s1. The van der Waals surface area contributed by atoms with Gasteiger partial charge in [-0.15, -0.1) is 0 Å². The summed E-state index contributed by atoms with van der Waals surface area (Å²) in [5.74, 6) is -0.704. The third kappa shape index (κ3) is 3.94. The fourth-order valence-electron chi connectivity index (χ4n) is 4.97. The number of fused-ring (bicyclic) bond motifs is 1. The van der Waals surface area contributed by atoms with Crippen LogP contribution in [0, 0.1) is 6.92 Å². The Labute approximate surface area is 188 Å². The molecule has 2 aromatic carbocycles. The SMILES string of the molecule is Cc1c(-c2ccccc2)cccc1-c1cc2cc(CN3CCCC[C@H]3C(=O)O)ccn2c1. The van der Waals surface area contributed by atoms with E-state index < -0.39 is 5.97 Å². The summed E-state index contributed by atoms with van der Waals surface area (Å²) in [4.78, 5) is 13.7. The fourth-order valence-corrected chi connectivity index (χ4v) is 4.97. The molecule has 3 heterocycles. The van der Waals surface area contributed by atoms with Crippen molar-refractivity contribution in [2.24, 2.45) is 0 Å². The van der Waals surface area contributed by atoms with Crippen molar-refractivity contribution in [3.63, 3.8) is 0 Å². The number of rotatable bonds is 5. The molecule has 0 spiro atoms. The number of likely N-dealkylation sites (tertiary alicyclic amines) is 1. The van der Waals surface area contributed by atoms with Gasteiger partial charge >= 0.3 is 5.97 Å². The Kier molecular flexibility index (Phi) is 5.54. The van der Waals surface area contributed by atoms with E-state index in [4.69, 9.17) is 0 Å². The molecule has 1 fully saturated rings. The molecule has 0 unspecified atom stereocenters. The van der Waals surface area contributed by atoms with Crippen molar-refractivity contribution >= 4 is 11.5 Å². The lowest BCUT2D eigenvalue weighted by molar-refractivity contribution is -0.144. The number of hydrogen-bond acceptors (Lipinski definition) is 2. The summed E-state index contributed by atoms with van der Waals surface area (Å²) < 4.78 is 2.15. The van der Waals surface area contributed by atoms with Crippen LogP contribution in [0.4, 0.5) is 0 Å². The zero-order chi connectivity index (χ0) is 22.1. The van der Waals surface area contributed by atoms with Crippen molar-refractivity contribution in [2.75, 3.05) is 6.54 Å². The van der Waals surface area contributed by atoms with Crippen LogP contribution in [0.25, 0.3) is 27.8 Å². The first-order valence-electron chi connectivity index (χ1n) is 11.3. The van der Waals surface area contributed by atoms with Crippen LogP contribution in [-0.2, 0) is 11.3 Å². The molecule has 1 saturated heterocycles. The Morgan fingerprint density at radius 2 is 1.75 bits per heavy atom. The Bertz CT molecular complexity index is 1260. The monoisotopic (exact) mass is 424 g/mol. The second kappa shape index (κ2) is 8.64. The average molecular weight is 425 g/mol. The minimum atomic E-state index is -0.704. The van der Waals surface area contributed by atoms with E-state index in [0.29, 0.717) is 6.54 Å². The van der Waals surface area contributed by atoms with Gasteiger partial charge in [0.25, 0.3) is 0 Å². The van der Waals surface area contributed by atoms with E-state index in [1.165, 1.54) is 27.8 Å². The van der Waals surface area contributed by atoms with E-state index in [1.807, 2.05) is 6.07 Å². The predicted octanol–water partition coefficient (Wildman–Crippen LogP) is 6.02. The normalized spacial score (nSPS) is 17.0.